The fourth-order valence-electron chi connectivity index (χ4n) is 2.20. The van der Waals surface area contributed by atoms with Crippen molar-refractivity contribution in [3.8, 4) is 0 Å². The number of rotatable bonds is 4. The highest BCUT2D eigenvalue weighted by Gasteiger charge is 2.29. The Kier molecular flexibility index (Phi) is 3.05. The fourth-order valence-corrected chi connectivity index (χ4v) is 2.20. The van der Waals surface area contributed by atoms with Crippen LogP contribution in [-0.4, -0.2) is 41.9 Å². The van der Waals surface area contributed by atoms with Crippen LogP contribution in [0.15, 0.2) is 10.6 Å². The van der Waals surface area contributed by atoms with Gasteiger partial charge >= 0.3 is 0 Å². The fraction of sp³-hybridized carbons (Fsp3) is 0.667. The highest BCUT2D eigenvalue weighted by atomic mass is 16.5. The minimum atomic E-state index is -0.385. The second-order valence-corrected chi connectivity index (χ2v) is 5.08. The van der Waals surface area contributed by atoms with Gasteiger partial charge in [0.25, 0.3) is 5.91 Å². The number of hydrogen-bond donors (Lipinski definition) is 3. The maximum absolute atomic E-state index is 11.8. The lowest BCUT2D eigenvalue weighted by Crippen LogP contribution is -2.34. The molecule has 6 nitrogen and oxygen atoms in total. The van der Waals surface area contributed by atoms with Crippen LogP contribution in [0.4, 0.5) is 0 Å². The van der Waals surface area contributed by atoms with Crippen LogP contribution in [0.5, 0.6) is 0 Å². The summed E-state index contributed by atoms with van der Waals surface area (Å²) in [4.78, 5) is 11.8. The van der Waals surface area contributed by atoms with E-state index in [1.807, 2.05) is 0 Å². The van der Waals surface area contributed by atoms with Crippen molar-refractivity contribution < 1.29 is 14.4 Å². The standard InChI is InChI=1S/C12H17N3O3/c16-10-6-13-4-8(10)5-14-12(17)9-3-11(18-15-9)7-1-2-7/h3,7-8,10,13,16H,1-2,4-6H2,(H,14,17). The van der Waals surface area contributed by atoms with Crippen molar-refractivity contribution in [2.24, 2.45) is 5.92 Å². The molecule has 98 valence electrons. The highest BCUT2D eigenvalue weighted by molar-refractivity contribution is 5.92. The van der Waals surface area contributed by atoms with E-state index < -0.39 is 0 Å². The Hall–Kier alpha value is -1.40. The van der Waals surface area contributed by atoms with E-state index in [0.29, 0.717) is 24.7 Å². The van der Waals surface area contributed by atoms with Gasteiger partial charge in [-0.15, -0.1) is 0 Å². The number of hydrogen-bond acceptors (Lipinski definition) is 5. The smallest absolute Gasteiger partial charge is 0.273 e. The molecule has 2 heterocycles. The van der Waals surface area contributed by atoms with Gasteiger partial charge in [0.1, 0.15) is 5.76 Å². The Bertz CT molecular complexity index is 442. The average molecular weight is 251 g/mol. The van der Waals surface area contributed by atoms with Crippen LogP contribution in [0, 0.1) is 5.92 Å². The Labute approximate surface area is 105 Å². The number of nitrogens with one attached hydrogen (secondary N) is 2. The molecule has 3 N–H and O–H groups in total. The number of carbonyl (C=O) groups is 1. The molecule has 2 atom stereocenters. The molecule has 1 saturated heterocycles. The van der Waals surface area contributed by atoms with Gasteiger partial charge in [0, 0.05) is 37.5 Å². The van der Waals surface area contributed by atoms with Gasteiger partial charge in [0.2, 0.25) is 0 Å². The lowest BCUT2D eigenvalue weighted by atomic mass is 10.1. The van der Waals surface area contributed by atoms with Gasteiger partial charge in [-0.25, -0.2) is 0 Å². The second kappa shape index (κ2) is 4.70. The topological polar surface area (TPSA) is 87.4 Å². The summed E-state index contributed by atoms with van der Waals surface area (Å²) >= 11 is 0. The second-order valence-electron chi connectivity index (χ2n) is 5.08. The van der Waals surface area contributed by atoms with E-state index in [4.69, 9.17) is 4.52 Å². The molecule has 1 saturated carbocycles. The normalized spacial score (nSPS) is 27.4. The van der Waals surface area contributed by atoms with Crippen molar-refractivity contribution in [3.05, 3.63) is 17.5 Å². The number of aromatic nitrogens is 1. The molecule has 1 aliphatic carbocycles. The van der Waals surface area contributed by atoms with E-state index in [0.717, 1.165) is 25.1 Å². The minimum absolute atomic E-state index is 0.0729. The van der Waals surface area contributed by atoms with Crippen molar-refractivity contribution in [1.82, 2.24) is 15.8 Å². The predicted octanol–water partition coefficient (Wildman–Crippen LogP) is -0.138. The zero-order chi connectivity index (χ0) is 12.5. The van der Waals surface area contributed by atoms with Crippen LogP contribution in [0.2, 0.25) is 0 Å². The van der Waals surface area contributed by atoms with Gasteiger partial charge in [-0.3, -0.25) is 4.79 Å². The van der Waals surface area contributed by atoms with Gasteiger partial charge < -0.3 is 20.3 Å². The van der Waals surface area contributed by atoms with Crippen molar-refractivity contribution in [3.63, 3.8) is 0 Å². The Morgan fingerprint density at radius 2 is 2.39 bits per heavy atom. The molecule has 18 heavy (non-hydrogen) atoms. The maximum Gasteiger partial charge on any atom is 0.273 e. The molecule has 0 aromatic carbocycles. The Morgan fingerprint density at radius 3 is 3.06 bits per heavy atom. The van der Waals surface area contributed by atoms with E-state index in [1.165, 1.54) is 0 Å². The first-order valence-electron chi connectivity index (χ1n) is 6.37. The van der Waals surface area contributed by atoms with Crippen molar-refractivity contribution >= 4 is 5.91 Å². The monoisotopic (exact) mass is 251 g/mol. The summed E-state index contributed by atoms with van der Waals surface area (Å²) in [7, 11) is 0. The Morgan fingerprint density at radius 1 is 1.56 bits per heavy atom. The number of aliphatic hydroxyl groups is 1. The van der Waals surface area contributed by atoms with Crippen LogP contribution < -0.4 is 10.6 Å². The van der Waals surface area contributed by atoms with Crippen LogP contribution in [0.3, 0.4) is 0 Å². The van der Waals surface area contributed by atoms with Gasteiger partial charge in [-0.1, -0.05) is 5.16 Å². The maximum atomic E-state index is 11.8. The Balaban J connectivity index is 1.53. The lowest BCUT2D eigenvalue weighted by Gasteiger charge is -2.13. The number of nitrogens with zero attached hydrogens (tertiary/aromatic N) is 1. The third-order valence-electron chi connectivity index (χ3n) is 3.57. The van der Waals surface area contributed by atoms with Crippen molar-refractivity contribution in [2.45, 2.75) is 24.9 Å². The molecular weight excluding hydrogens is 234 g/mol. The largest absolute Gasteiger partial charge is 0.391 e. The van der Waals surface area contributed by atoms with Gasteiger partial charge in [-0.2, -0.15) is 0 Å². The molecule has 3 rings (SSSR count). The summed E-state index contributed by atoms with van der Waals surface area (Å²) in [5.74, 6) is 1.11. The first-order chi connectivity index (χ1) is 8.74. The minimum Gasteiger partial charge on any atom is -0.391 e. The van der Waals surface area contributed by atoms with Crippen LogP contribution >= 0.6 is 0 Å². The lowest BCUT2D eigenvalue weighted by molar-refractivity contribution is 0.0918. The first kappa shape index (κ1) is 11.7. The van der Waals surface area contributed by atoms with E-state index >= 15 is 0 Å². The molecule has 1 aromatic heterocycles. The summed E-state index contributed by atoms with van der Waals surface area (Å²) in [6, 6.07) is 1.72. The van der Waals surface area contributed by atoms with Gasteiger partial charge in [0.05, 0.1) is 6.10 Å². The SMILES string of the molecule is O=C(NCC1CNCC1O)c1cc(C2CC2)on1. The third-order valence-corrected chi connectivity index (χ3v) is 3.57. The molecule has 0 radical (unpaired) electrons. The van der Waals surface area contributed by atoms with E-state index in [-0.39, 0.29) is 17.9 Å². The molecule has 0 spiro atoms. The molecule has 6 heteroatoms. The molecule has 0 bridgehead atoms. The molecule has 2 fully saturated rings. The number of carbonyl (C=O) groups excluding carboxylic acids is 1. The van der Waals surface area contributed by atoms with Crippen LogP contribution in [0.1, 0.15) is 35.0 Å². The molecule has 1 aliphatic heterocycles. The number of β-amino-alcohol motifs (C(OH)–C–C–N with tert-alkyl or cyclic N) is 1. The van der Waals surface area contributed by atoms with E-state index in [1.54, 1.807) is 6.07 Å². The molecule has 1 amide bonds. The molecule has 2 unspecified atom stereocenters. The van der Waals surface area contributed by atoms with Crippen molar-refractivity contribution in [2.75, 3.05) is 19.6 Å². The molecule has 1 aromatic rings. The van der Waals surface area contributed by atoms with Crippen molar-refractivity contribution in [1.29, 1.82) is 0 Å². The zero-order valence-corrected chi connectivity index (χ0v) is 10.1. The van der Waals surface area contributed by atoms with E-state index in [9.17, 15) is 9.90 Å². The summed E-state index contributed by atoms with van der Waals surface area (Å²) in [5.41, 5.74) is 0.331. The highest BCUT2D eigenvalue weighted by Crippen LogP contribution is 2.40. The number of aliphatic hydroxyl groups excluding tert-OH is 1. The van der Waals surface area contributed by atoms with Crippen LogP contribution in [0.25, 0.3) is 0 Å². The van der Waals surface area contributed by atoms with E-state index in [2.05, 4.69) is 15.8 Å². The quantitative estimate of drug-likeness (QED) is 0.693. The summed E-state index contributed by atoms with van der Waals surface area (Å²) in [5, 5.41) is 19.2. The third kappa shape index (κ3) is 2.39. The predicted molar refractivity (Wildman–Crippen MR) is 63.2 cm³/mol. The first-order valence-corrected chi connectivity index (χ1v) is 6.37. The molecule has 2 aliphatic rings. The average Bonchev–Trinajstić information content (AvgIpc) is 2.95. The zero-order valence-electron chi connectivity index (χ0n) is 10.1. The summed E-state index contributed by atoms with van der Waals surface area (Å²) in [6.07, 6.45) is 1.86. The summed E-state index contributed by atoms with van der Waals surface area (Å²) in [6.45, 7) is 1.78. The van der Waals surface area contributed by atoms with Gasteiger partial charge in [-0.05, 0) is 12.8 Å². The van der Waals surface area contributed by atoms with Gasteiger partial charge in [0.15, 0.2) is 5.69 Å². The summed E-state index contributed by atoms with van der Waals surface area (Å²) < 4.78 is 5.13. The van der Waals surface area contributed by atoms with Crippen LogP contribution in [-0.2, 0) is 0 Å². The molecular formula is C12H17N3O3. The number of amides is 1.